The second-order valence-electron chi connectivity index (χ2n) is 6.41. The van der Waals surface area contributed by atoms with Crippen molar-refractivity contribution >= 4 is 28.5 Å². The Hall–Kier alpha value is -2.45. The number of thiazole rings is 1. The van der Waals surface area contributed by atoms with Crippen molar-refractivity contribution in [3.8, 4) is 11.3 Å². The molecule has 2 heterocycles. The molecule has 0 spiro atoms. The SMILES string of the molecule is CCOC(=O)N1CCN(CC(=O)Nc2nc(-c3ccc(C)cc3)cs2)CC1. The van der Waals surface area contributed by atoms with Gasteiger partial charge in [-0.2, -0.15) is 0 Å². The summed E-state index contributed by atoms with van der Waals surface area (Å²) in [7, 11) is 0. The normalized spacial score (nSPS) is 14.8. The maximum atomic E-state index is 12.3. The quantitative estimate of drug-likeness (QED) is 0.853. The van der Waals surface area contributed by atoms with Gasteiger partial charge in [-0.05, 0) is 13.8 Å². The molecule has 1 aliphatic heterocycles. The lowest BCUT2D eigenvalue weighted by atomic mass is 10.1. The molecular formula is C19H24N4O3S. The lowest BCUT2D eigenvalue weighted by Gasteiger charge is -2.33. The number of hydrogen-bond donors (Lipinski definition) is 1. The van der Waals surface area contributed by atoms with Crippen LogP contribution < -0.4 is 5.32 Å². The largest absolute Gasteiger partial charge is 0.450 e. The third kappa shape index (κ3) is 5.27. The van der Waals surface area contributed by atoms with Crippen LogP contribution >= 0.6 is 11.3 Å². The zero-order chi connectivity index (χ0) is 19.2. The second-order valence-corrected chi connectivity index (χ2v) is 7.27. The van der Waals surface area contributed by atoms with Crippen molar-refractivity contribution in [1.82, 2.24) is 14.8 Å². The standard InChI is InChI=1S/C19H24N4O3S/c1-3-26-19(25)23-10-8-22(9-11-23)12-17(24)21-18-20-16(13-27-18)15-6-4-14(2)5-7-15/h4-7,13H,3,8-12H2,1-2H3,(H,20,21,24). The number of hydrogen-bond acceptors (Lipinski definition) is 6. The number of anilines is 1. The molecule has 1 fully saturated rings. The summed E-state index contributed by atoms with van der Waals surface area (Å²) in [6, 6.07) is 8.14. The molecule has 7 nitrogen and oxygen atoms in total. The van der Waals surface area contributed by atoms with Gasteiger partial charge in [0, 0.05) is 37.1 Å². The third-order valence-corrected chi connectivity index (χ3v) is 5.12. The number of benzene rings is 1. The average molecular weight is 388 g/mol. The van der Waals surface area contributed by atoms with E-state index in [4.69, 9.17) is 4.74 Å². The summed E-state index contributed by atoms with van der Waals surface area (Å²) in [6.07, 6.45) is -0.284. The molecule has 0 unspecified atom stereocenters. The first-order chi connectivity index (χ1) is 13.0. The van der Waals surface area contributed by atoms with Crippen LogP contribution in [0.4, 0.5) is 9.93 Å². The number of aryl methyl sites for hydroxylation is 1. The second kappa shape index (κ2) is 8.96. The van der Waals surface area contributed by atoms with Crippen molar-refractivity contribution in [3.63, 3.8) is 0 Å². The van der Waals surface area contributed by atoms with Gasteiger partial charge in [-0.25, -0.2) is 9.78 Å². The topological polar surface area (TPSA) is 74.8 Å². The van der Waals surface area contributed by atoms with Crippen LogP contribution in [0.1, 0.15) is 12.5 Å². The van der Waals surface area contributed by atoms with Gasteiger partial charge in [0.2, 0.25) is 5.91 Å². The van der Waals surface area contributed by atoms with Crippen molar-refractivity contribution < 1.29 is 14.3 Å². The van der Waals surface area contributed by atoms with E-state index in [1.807, 2.05) is 41.5 Å². The predicted molar refractivity (Wildman–Crippen MR) is 106 cm³/mol. The summed E-state index contributed by atoms with van der Waals surface area (Å²) >= 11 is 1.42. The Morgan fingerprint density at radius 1 is 1.19 bits per heavy atom. The van der Waals surface area contributed by atoms with Crippen LogP contribution in [0.3, 0.4) is 0 Å². The Labute approximate surface area is 162 Å². The first kappa shape index (κ1) is 19.3. The highest BCUT2D eigenvalue weighted by molar-refractivity contribution is 7.14. The molecule has 0 aliphatic carbocycles. The minimum atomic E-state index is -0.284. The minimum Gasteiger partial charge on any atom is -0.450 e. The Morgan fingerprint density at radius 3 is 2.56 bits per heavy atom. The third-order valence-electron chi connectivity index (χ3n) is 4.36. The van der Waals surface area contributed by atoms with Crippen molar-refractivity contribution in [3.05, 3.63) is 35.2 Å². The molecule has 27 heavy (non-hydrogen) atoms. The molecule has 0 atom stereocenters. The van der Waals surface area contributed by atoms with Crippen molar-refractivity contribution in [2.24, 2.45) is 0 Å². The number of aromatic nitrogens is 1. The minimum absolute atomic E-state index is 0.0932. The number of amides is 2. The molecule has 0 radical (unpaired) electrons. The molecule has 1 aromatic heterocycles. The number of nitrogens with zero attached hydrogens (tertiary/aromatic N) is 3. The molecule has 1 aliphatic rings. The van der Waals surface area contributed by atoms with Crippen LogP contribution in [0, 0.1) is 6.92 Å². The Balaban J connectivity index is 1.48. The molecular weight excluding hydrogens is 364 g/mol. The fraction of sp³-hybridized carbons (Fsp3) is 0.421. The molecule has 144 valence electrons. The lowest BCUT2D eigenvalue weighted by molar-refractivity contribution is -0.117. The van der Waals surface area contributed by atoms with E-state index in [1.54, 1.807) is 11.8 Å². The summed E-state index contributed by atoms with van der Waals surface area (Å²) in [6.45, 7) is 6.94. The van der Waals surface area contributed by atoms with Crippen molar-refractivity contribution in [1.29, 1.82) is 0 Å². The van der Waals surface area contributed by atoms with Gasteiger partial charge < -0.3 is 15.0 Å². The zero-order valence-electron chi connectivity index (χ0n) is 15.6. The number of carbonyl (C=O) groups excluding carboxylic acids is 2. The van der Waals surface area contributed by atoms with Crippen LogP contribution in [0.2, 0.25) is 0 Å². The van der Waals surface area contributed by atoms with Crippen molar-refractivity contribution in [2.45, 2.75) is 13.8 Å². The molecule has 1 N–H and O–H groups in total. The van der Waals surface area contributed by atoms with Gasteiger partial charge >= 0.3 is 6.09 Å². The van der Waals surface area contributed by atoms with Crippen LogP contribution in [-0.2, 0) is 9.53 Å². The summed E-state index contributed by atoms with van der Waals surface area (Å²) in [5.74, 6) is -0.0932. The van der Waals surface area contributed by atoms with Crippen LogP contribution in [0.15, 0.2) is 29.6 Å². The predicted octanol–water partition coefficient (Wildman–Crippen LogP) is 2.83. The molecule has 2 amide bonds. The number of rotatable bonds is 5. The lowest BCUT2D eigenvalue weighted by Crippen LogP contribution is -2.50. The summed E-state index contributed by atoms with van der Waals surface area (Å²) in [4.78, 5) is 32.2. The number of ether oxygens (including phenoxy) is 1. The summed E-state index contributed by atoms with van der Waals surface area (Å²) in [5.41, 5.74) is 3.09. The van der Waals surface area contributed by atoms with E-state index in [1.165, 1.54) is 16.9 Å². The van der Waals surface area contributed by atoms with E-state index in [2.05, 4.69) is 10.3 Å². The molecule has 0 bridgehead atoms. The monoisotopic (exact) mass is 388 g/mol. The van der Waals surface area contributed by atoms with Gasteiger partial charge in [-0.15, -0.1) is 11.3 Å². The molecule has 1 aromatic carbocycles. The molecule has 3 rings (SSSR count). The molecule has 8 heteroatoms. The van der Waals surface area contributed by atoms with Gasteiger partial charge in [0.05, 0.1) is 18.8 Å². The van der Waals surface area contributed by atoms with E-state index < -0.39 is 0 Å². The van der Waals surface area contributed by atoms with Crippen molar-refractivity contribution in [2.75, 3.05) is 44.6 Å². The number of nitrogens with one attached hydrogen (secondary N) is 1. The van der Waals surface area contributed by atoms with E-state index >= 15 is 0 Å². The Bertz CT molecular complexity index is 783. The van der Waals surface area contributed by atoms with Crippen LogP contribution in [0.5, 0.6) is 0 Å². The number of carbonyl (C=O) groups is 2. The van der Waals surface area contributed by atoms with Gasteiger partial charge in [0.25, 0.3) is 0 Å². The zero-order valence-corrected chi connectivity index (χ0v) is 16.4. The van der Waals surface area contributed by atoms with E-state index in [0.29, 0.717) is 37.9 Å². The van der Waals surface area contributed by atoms with Crippen LogP contribution in [-0.4, -0.2) is 66.1 Å². The Morgan fingerprint density at radius 2 is 1.89 bits per heavy atom. The van der Waals surface area contributed by atoms with E-state index in [9.17, 15) is 9.59 Å². The first-order valence-electron chi connectivity index (χ1n) is 9.01. The maximum Gasteiger partial charge on any atom is 0.409 e. The smallest absolute Gasteiger partial charge is 0.409 e. The van der Waals surface area contributed by atoms with Gasteiger partial charge in [-0.3, -0.25) is 9.69 Å². The summed E-state index contributed by atoms with van der Waals surface area (Å²) < 4.78 is 5.00. The van der Waals surface area contributed by atoms with Gasteiger partial charge in [0.1, 0.15) is 0 Å². The number of piperazine rings is 1. The van der Waals surface area contributed by atoms with E-state index in [-0.39, 0.29) is 18.5 Å². The fourth-order valence-corrected chi connectivity index (χ4v) is 3.59. The van der Waals surface area contributed by atoms with E-state index in [0.717, 1.165) is 11.3 Å². The maximum absolute atomic E-state index is 12.3. The first-order valence-corrected chi connectivity index (χ1v) is 9.89. The van der Waals surface area contributed by atoms with Gasteiger partial charge in [0.15, 0.2) is 5.13 Å². The highest BCUT2D eigenvalue weighted by Crippen LogP contribution is 2.25. The average Bonchev–Trinajstić information content (AvgIpc) is 3.11. The molecule has 2 aromatic rings. The highest BCUT2D eigenvalue weighted by atomic mass is 32.1. The molecule has 1 saturated heterocycles. The van der Waals surface area contributed by atoms with Crippen LogP contribution in [0.25, 0.3) is 11.3 Å². The van der Waals surface area contributed by atoms with Gasteiger partial charge in [-0.1, -0.05) is 29.8 Å². The summed E-state index contributed by atoms with van der Waals surface area (Å²) in [5, 5.41) is 5.41. The molecule has 0 saturated carbocycles. The Kier molecular flexibility index (Phi) is 6.41. The fourth-order valence-electron chi connectivity index (χ4n) is 2.85. The highest BCUT2D eigenvalue weighted by Gasteiger charge is 2.23.